The van der Waals surface area contributed by atoms with Gasteiger partial charge in [-0.3, -0.25) is 4.99 Å². The monoisotopic (exact) mass is 254 g/mol. The molecule has 0 aliphatic rings. The number of nitrogens with two attached hydrogens (primary N) is 1. The van der Waals surface area contributed by atoms with Gasteiger partial charge in [0.2, 0.25) is 0 Å². The van der Waals surface area contributed by atoms with E-state index in [0.717, 1.165) is 24.3 Å². The normalized spacial score (nSPS) is 13.7. The van der Waals surface area contributed by atoms with Crippen LogP contribution in [0.15, 0.2) is 11.2 Å². The summed E-state index contributed by atoms with van der Waals surface area (Å²) in [5.74, 6) is 0.534. The van der Waals surface area contributed by atoms with Crippen LogP contribution in [0.25, 0.3) is 0 Å². The molecule has 1 aromatic heterocycles. The van der Waals surface area contributed by atoms with Crippen LogP contribution in [0.5, 0.6) is 0 Å². The molecular formula is C12H22N4S. The van der Waals surface area contributed by atoms with Crippen molar-refractivity contribution >= 4 is 17.3 Å². The fourth-order valence-corrected chi connectivity index (χ4v) is 2.15. The van der Waals surface area contributed by atoms with Crippen LogP contribution in [0.1, 0.15) is 37.1 Å². The van der Waals surface area contributed by atoms with Crippen LogP contribution in [0.2, 0.25) is 0 Å². The Labute approximate surface area is 107 Å². The van der Waals surface area contributed by atoms with Crippen LogP contribution in [0.4, 0.5) is 0 Å². The van der Waals surface area contributed by atoms with Gasteiger partial charge in [0.05, 0.1) is 5.01 Å². The first-order valence-corrected chi connectivity index (χ1v) is 6.97. The number of aryl methyl sites for hydroxylation is 1. The molecule has 1 atom stereocenters. The lowest BCUT2D eigenvalue weighted by Crippen LogP contribution is -2.38. The van der Waals surface area contributed by atoms with Crippen molar-refractivity contribution in [3.05, 3.63) is 16.1 Å². The topological polar surface area (TPSA) is 63.3 Å². The molecule has 96 valence electrons. The highest BCUT2D eigenvalue weighted by Crippen LogP contribution is 2.13. The SMILES string of the molecule is CCc1cnc(CCN=C(N)NC(C)CC)s1. The fourth-order valence-electron chi connectivity index (χ4n) is 1.30. The van der Waals surface area contributed by atoms with Gasteiger partial charge in [0.15, 0.2) is 5.96 Å². The molecule has 0 aliphatic carbocycles. The van der Waals surface area contributed by atoms with Crippen LogP contribution < -0.4 is 11.1 Å². The Morgan fingerprint density at radius 2 is 2.35 bits per heavy atom. The summed E-state index contributed by atoms with van der Waals surface area (Å²) in [4.78, 5) is 9.97. The quantitative estimate of drug-likeness (QED) is 0.602. The van der Waals surface area contributed by atoms with Crippen LogP contribution in [0.3, 0.4) is 0 Å². The van der Waals surface area contributed by atoms with E-state index >= 15 is 0 Å². The zero-order chi connectivity index (χ0) is 12.7. The minimum Gasteiger partial charge on any atom is -0.370 e. The molecule has 0 aromatic carbocycles. The van der Waals surface area contributed by atoms with Gasteiger partial charge in [-0.05, 0) is 19.8 Å². The molecule has 0 saturated carbocycles. The molecular weight excluding hydrogens is 232 g/mol. The second-order valence-corrected chi connectivity index (χ2v) is 5.24. The van der Waals surface area contributed by atoms with E-state index in [1.807, 2.05) is 6.20 Å². The van der Waals surface area contributed by atoms with Gasteiger partial charge in [-0.1, -0.05) is 13.8 Å². The molecule has 1 aromatic rings. The van der Waals surface area contributed by atoms with E-state index in [0.29, 0.717) is 18.5 Å². The van der Waals surface area contributed by atoms with Crippen molar-refractivity contribution in [1.29, 1.82) is 0 Å². The minimum absolute atomic E-state index is 0.380. The summed E-state index contributed by atoms with van der Waals surface area (Å²) in [6.45, 7) is 7.05. The molecule has 3 N–H and O–H groups in total. The van der Waals surface area contributed by atoms with E-state index < -0.39 is 0 Å². The van der Waals surface area contributed by atoms with E-state index in [2.05, 4.69) is 36.1 Å². The highest BCUT2D eigenvalue weighted by molar-refractivity contribution is 7.11. The first-order chi connectivity index (χ1) is 8.15. The predicted molar refractivity (Wildman–Crippen MR) is 74.6 cm³/mol. The van der Waals surface area contributed by atoms with Gasteiger partial charge >= 0.3 is 0 Å². The summed E-state index contributed by atoms with van der Waals surface area (Å²) >= 11 is 1.76. The number of nitrogens with one attached hydrogen (secondary N) is 1. The molecule has 1 rings (SSSR count). The van der Waals surface area contributed by atoms with Crippen molar-refractivity contribution in [1.82, 2.24) is 10.3 Å². The molecule has 4 nitrogen and oxygen atoms in total. The Morgan fingerprint density at radius 3 is 2.94 bits per heavy atom. The molecule has 0 fully saturated rings. The Bertz CT molecular complexity index is 359. The third-order valence-electron chi connectivity index (χ3n) is 2.56. The minimum atomic E-state index is 0.380. The summed E-state index contributed by atoms with van der Waals surface area (Å²) in [7, 11) is 0. The van der Waals surface area contributed by atoms with Crippen molar-refractivity contribution in [2.24, 2.45) is 10.7 Å². The number of aliphatic imine (C=N–C) groups is 1. The Kier molecular flexibility index (Phi) is 5.97. The molecule has 1 heterocycles. The second kappa shape index (κ2) is 7.27. The van der Waals surface area contributed by atoms with Gasteiger partial charge in [0.1, 0.15) is 0 Å². The first kappa shape index (κ1) is 14.0. The average molecular weight is 254 g/mol. The van der Waals surface area contributed by atoms with Gasteiger partial charge in [0.25, 0.3) is 0 Å². The summed E-state index contributed by atoms with van der Waals surface area (Å²) in [6.07, 6.45) is 4.92. The fraction of sp³-hybridized carbons (Fsp3) is 0.667. The largest absolute Gasteiger partial charge is 0.370 e. The Morgan fingerprint density at radius 1 is 1.59 bits per heavy atom. The second-order valence-electron chi connectivity index (χ2n) is 4.04. The summed E-state index contributed by atoms with van der Waals surface area (Å²) in [5, 5.41) is 4.28. The molecule has 17 heavy (non-hydrogen) atoms. The molecule has 0 amide bonds. The third kappa shape index (κ3) is 5.17. The maximum atomic E-state index is 5.77. The summed E-state index contributed by atoms with van der Waals surface area (Å²) < 4.78 is 0. The lowest BCUT2D eigenvalue weighted by molar-refractivity contribution is 0.636. The van der Waals surface area contributed by atoms with Crippen LogP contribution in [-0.4, -0.2) is 23.5 Å². The standard InChI is InChI=1S/C12H22N4S/c1-4-9(3)16-12(13)14-7-6-11-15-8-10(5-2)17-11/h8-9H,4-7H2,1-3H3,(H3,13,14,16). The lowest BCUT2D eigenvalue weighted by atomic mass is 10.3. The van der Waals surface area contributed by atoms with Gasteiger partial charge in [0, 0.05) is 30.1 Å². The van der Waals surface area contributed by atoms with Crippen molar-refractivity contribution in [3.8, 4) is 0 Å². The third-order valence-corrected chi connectivity index (χ3v) is 3.77. The van der Waals surface area contributed by atoms with Gasteiger partial charge in [-0.25, -0.2) is 4.98 Å². The van der Waals surface area contributed by atoms with Gasteiger partial charge in [-0.2, -0.15) is 0 Å². The number of nitrogens with zero attached hydrogens (tertiary/aromatic N) is 2. The van der Waals surface area contributed by atoms with Crippen molar-refractivity contribution in [2.45, 2.75) is 46.1 Å². The molecule has 0 aliphatic heterocycles. The van der Waals surface area contributed by atoms with Crippen LogP contribution in [0, 0.1) is 0 Å². The number of thiazole rings is 1. The summed E-state index contributed by atoms with van der Waals surface area (Å²) in [5.41, 5.74) is 5.77. The lowest BCUT2D eigenvalue weighted by Gasteiger charge is -2.11. The zero-order valence-electron chi connectivity index (χ0n) is 10.9. The number of aromatic nitrogens is 1. The van der Waals surface area contributed by atoms with Crippen molar-refractivity contribution in [2.75, 3.05) is 6.54 Å². The number of hydrogen-bond acceptors (Lipinski definition) is 3. The van der Waals surface area contributed by atoms with E-state index in [9.17, 15) is 0 Å². The molecule has 5 heteroatoms. The highest BCUT2D eigenvalue weighted by Gasteiger charge is 2.01. The molecule has 0 radical (unpaired) electrons. The van der Waals surface area contributed by atoms with Crippen LogP contribution >= 0.6 is 11.3 Å². The van der Waals surface area contributed by atoms with Gasteiger partial charge in [-0.15, -0.1) is 11.3 Å². The maximum Gasteiger partial charge on any atom is 0.188 e. The van der Waals surface area contributed by atoms with E-state index in [-0.39, 0.29) is 0 Å². The number of guanidine groups is 1. The molecule has 1 unspecified atom stereocenters. The van der Waals surface area contributed by atoms with Crippen molar-refractivity contribution in [3.63, 3.8) is 0 Å². The number of hydrogen-bond donors (Lipinski definition) is 2. The van der Waals surface area contributed by atoms with Gasteiger partial charge < -0.3 is 11.1 Å². The Balaban J connectivity index is 2.33. The van der Waals surface area contributed by atoms with Crippen LogP contribution in [-0.2, 0) is 12.8 Å². The van der Waals surface area contributed by atoms with Crippen molar-refractivity contribution < 1.29 is 0 Å². The molecule has 0 bridgehead atoms. The summed E-state index contributed by atoms with van der Waals surface area (Å²) in [6, 6.07) is 0.380. The molecule has 0 saturated heterocycles. The zero-order valence-corrected chi connectivity index (χ0v) is 11.7. The maximum absolute atomic E-state index is 5.77. The highest BCUT2D eigenvalue weighted by atomic mass is 32.1. The first-order valence-electron chi connectivity index (χ1n) is 6.15. The van der Waals surface area contributed by atoms with E-state index in [1.54, 1.807) is 11.3 Å². The smallest absolute Gasteiger partial charge is 0.188 e. The Hall–Kier alpha value is -1.10. The molecule has 0 spiro atoms. The predicted octanol–water partition coefficient (Wildman–Crippen LogP) is 1.95. The number of rotatable bonds is 6. The average Bonchev–Trinajstić information content (AvgIpc) is 2.76. The van der Waals surface area contributed by atoms with E-state index in [1.165, 1.54) is 4.88 Å². The van der Waals surface area contributed by atoms with E-state index in [4.69, 9.17) is 5.73 Å².